The fourth-order valence-corrected chi connectivity index (χ4v) is 2.19. The van der Waals surface area contributed by atoms with Crippen molar-refractivity contribution in [3.05, 3.63) is 27.9 Å². The topological polar surface area (TPSA) is 38.7 Å². The van der Waals surface area contributed by atoms with E-state index < -0.39 is 0 Å². The van der Waals surface area contributed by atoms with Crippen molar-refractivity contribution in [2.75, 3.05) is 0 Å². The Hall–Kier alpha value is -0.810. The fourth-order valence-electron chi connectivity index (χ4n) is 1.00. The lowest BCUT2D eigenvalue weighted by atomic mass is 10.2. The smallest absolute Gasteiger partial charge is 0.183 e. The van der Waals surface area contributed by atoms with Crippen molar-refractivity contribution < 1.29 is 0 Å². The molecule has 0 spiro atoms. The second-order valence-corrected chi connectivity index (χ2v) is 4.80. The second-order valence-electron chi connectivity index (χ2n) is 2.55. The molecule has 0 amide bonds. The Bertz CT molecular complexity index is 427. The van der Waals surface area contributed by atoms with Gasteiger partial charge in [-0.05, 0) is 34.5 Å². The summed E-state index contributed by atoms with van der Waals surface area (Å²) in [5.41, 5.74) is 2.21. The van der Waals surface area contributed by atoms with Gasteiger partial charge in [0.25, 0.3) is 0 Å². The van der Waals surface area contributed by atoms with E-state index in [1.165, 1.54) is 16.9 Å². The maximum Gasteiger partial charge on any atom is 0.183 e. The molecule has 66 valence electrons. The third kappa shape index (κ3) is 1.76. The molecule has 0 atom stereocenters. The monoisotopic (exact) mass is 255 g/mol. The molecule has 0 fully saturated rings. The van der Waals surface area contributed by atoms with Crippen LogP contribution in [0, 0.1) is 6.92 Å². The van der Waals surface area contributed by atoms with Gasteiger partial charge in [-0.3, -0.25) is 4.98 Å². The van der Waals surface area contributed by atoms with E-state index >= 15 is 0 Å². The van der Waals surface area contributed by atoms with Crippen molar-refractivity contribution in [1.29, 1.82) is 0 Å². The lowest BCUT2D eigenvalue weighted by Gasteiger charge is -1.97. The van der Waals surface area contributed by atoms with E-state index in [0.29, 0.717) is 0 Å². The van der Waals surface area contributed by atoms with E-state index in [1.807, 2.05) is 19.2 Å². The molecule has 0 unspecified atom stereocenters. The lowest BCUT2D eigenvalue weighted by molar-refractivity contribution is 1.07. The van der Waals surface area contributed by atoms with Crippen LogP contribution in [0.25, 0.3) is 10.6 Å². The van der Waals surface area contributed by atoms with Crippen LogP contribution < -0.4 is 0 Å². The van der Waals surface area contributed by atoms with E-state index in [9.17, 15) is 0 Å². The summed E-state index contributed by atoms with van der Waals surface area (Å²) < 4.78 is 0.797. The van der Waals surface area contributed by atoms with Crippen molar-refractivity contribution in [3.8, 4) is 10.6 Å². The van der Waals surface area contributed by atoms with Crippen LogP contribution >= 0.6 is 27.3 Å². The van der Waals surface area contributed by atoms with Gasteiger partial charge in [0.05, 0.1) is 0 Å². The first-order valence-corrected chi connectivity index (χ1v) is 5.28. The minimum Gasteiger partial charge on any atom is -0.264 e. The van der Waals surface area contributed by atoms with Crippen LogP contribution in [-0.4, -0.2) is 15.2 Å². The molecule has 2 aromatic rings. The van der Waals surface area contributed by atoms with Crippen LogP contribution in [0.1, 0.15) is 5.56 Å². The number of rotatable bonds is 1. The zero-order chi connectivity index (χ0) is 9.26. The van der Waals surface area contributed by atoms with Crippen LogP contribution in [0.3, 0.4) is 0 Å². The van der Waals surface area contributed by atoms with Gasteiger partial charge in [-0.1, -0.05) is 11.3 Å². The molecule has 2 heterocycles. The molecule has 0 aliphatic rings. The summed E-state index contributed by atoms with van der Waals surface area (Å²) in [5.74, 6) is 0. The number of halogens is 1. The Morgan fingerprint density at radius 1 is 1.38 bits per heavy atom. The fraction of sp³-hybridized carbons (Fsp3) is 0.125. The highest BCUT2D eigenvalue weighted by molar-refractivity contribution is 9.11. The minimum absolute atomic E-state index is 0.797. The number of aryl methyl sites for hydroxylation is 1. The molecule has 0 aliphatic heterocycles. The Morgan fingerprint density at radius 2 is 2.23 bits per heavy atom. The van der Waals surface area contributed by atoms with Gasteiger partial charge in [-0.2, -0.15) is 0 Å². The van der Waals surface area contributed by atoms with E-state index in [2.05, 4.69) is 31.1 Å². The van der Waals surface area contributed by atoms with Crippen LogP contribution in [0.2, 0.25) is 0 Å². The predicted octanol–water partition coefficient (Wildman–Crippen LogP) is 2.67. The van der Waals surface area contributed by atoms with E-state index in [4.69, 9.17) is 0 Å². The average Bonchev–Trinajstić information content (AvgIpc) is 2.53. The Balaban J connectivity index is 2.52. The zero-order valence-corrected chi connectivity index (χ0v) is 9.26. The van der Waals surface area contributed by atoms with Gasteiger partial charge in [0.1, 0.15) is 5.01 Å². The molecule has 0 aromatic carbocycles. The third-order valence-corrected chi connectivity index (χ3v) is 3.06. The van der Waals surface area contributed by atoms with Crippen LogP contribution in [-0.2, 0) is 0 Å². The first-order valence-electron chi connectivity index (χ1n) is 3.67. The first kappa shape index (κ1) is 8.77. The third-order valence-electron chi connectivity index (χ3n) is 1.67. The Labute approximate surface area is 88.0 Å². The van der Waals surface area contributed by atoms with Gasteiger partial charge in [-0.15, -0.1) is 10.2 Å². The molecule has 0 radical (unpaired) electrons. The van der Waals surface area contributed by atoms with Crippen LogP contribution in [0.15, 0.2) is 22.4 Å². The van der Waals surface area contributed by atoms with Gasteiger partial charge >= 0.3 is 0 Å². The molecular formula is C8H6BrN3S. The SMILES string of the molecule is Cc1ccncc1-c1nnc(Br)s1. The summed E-state index contributed by atoms with van der Waals surface area (Å²) in [4.78, 5) is 4.05. The summed E-state index contributed by atoms with van der Waals surface area (Å²) >= 11 is 4.79. The molecule has 0 N–H and O–H groups in total. The van der Waals surface area contributed by atoms with E-state index in [-0.39, 0.29) is 0 Å². The Kier molecular flexibility index (Phi) is 2.37. The molecule has 2 rings (SSSR count). The van der Waals surface area contributed by atoms with Gasteiger partial charge in [0.2, 0.25) is 0 Å². The molecule has 3 nitrogen and oxygen atoms in total. The quantitative estimate of drug-likeness (QED) is 0.787. The summed E-state index contributed by atoms with van der Waals surface area (Å²) in [6.45, 7) is 2.03. The van der Waals surface area contributed by atoms with Crippen molar-refractivity contribution in [2.45, 2.75) is 6.92 Å². The molecule has 0 bridgehead atoms. The van der Waals surface area contributed by atoms with Crippen LogP contribution in [0.5, 0.6) is 0 Å². The highest BCUT2D eigenvalue weighted by Crippen LogP contribution is 2.27. The minimum atomic E-state index is 0.797. The highest BCUT2D eigenvalue weighted by Gasteiger charge is 2.06. The molecular weight excluding hydrogens is 250 g/mol. The van der Waals surface area contributed by atoms with E-state index in [0.717, 1.165) is 14.5 Å². The molecule has 0 saturated heterocycles. The molecule has 5 heteroatoms. The number of aromatic nitrogens is 3. The summed E-state index contributed by atoms with van der Waals surface area (Å²) in [7, 11) is 0. The van der Waals surface area contributed by atoms with Crippen molar-refractivity contribution in [1.82, 2.24) is 15.2 Å². The van der Waals surface area contributed by atoms with Crippen molar-refractivity contribution in [2.24, 2.45) is 0 Å². The maximum absolute atomic E-state index is 4.05. The molecule has 0 saturated carbocycles. The maximum atomic E-state index is 4.05. The number of hydrogen-bond donors (Lipinski definition) is 0. The number of nitrogens with zero attached hydrogens (tertiary/aromatic N) is 3. The number of pyridine rings is 1. The van der Waals surface area contributed by atoms with Gasteiger partial charge < -0.3 is 0 Å². The highest BCUT2D eigenvalue weighted by atomic mass is 79.9. The van der Waals surface area contributed by atoms with Gasteiger partial charge in [0.15, 0.2) is 3.92 Å². The van der Waals surface area contributed by atoms with Gasteiger partial charge in [-0.25, -0.2) is 0 Å². The molecule has 2 aromatic heterocycles. The first-order chi connectivity index (χ1) is 6.27. The van der Waals surface area contributed by atoms with Crippen molar-refractivity contribution >= 4 is 27.3 Å². The van der Waals surface area contributed by atoms with Gasteiger partial charge in [0, 0.05) is 18.0 Å². The van der Waals surface area contributed by atoms with E-state index in [1.54, 1.807) is 6.20 Å². The molecule has 0 aliphatic carbocycles. The zero-order valence-electron chi connectivity index (χ0n) is 6.86. The number of hydrogen-bond acceptors (Lipinski definition) is 4. The average molecular weight is 256 g/mol. The summed E-state index contributed by atoms with van der Waals surface area (Å²) in [6, 6.07) is 1.96. The Morgan fingerprint density at radius 3 is 2.85 bits per heavy atom. The largest absolute Gasteiger partial charge is 0.264 e. The summed E-state index contributed by atoms with van der Waals surface area (Å²) in [6.07, 6.45) is 3.58. The normalized spacial score (nSPS) is 10.3. The predicted molar refractivity (Wildman–Crippen MR) is 55.6 cm³/mol. The molecule has 13 heavy (non-hydrogen) atoms. The lowest BCUT2D eigenvalue weighted by Crippen LogP contribution is -1.83. The van der Waals surface area contributed by atoms with Crippen molar-refractivity contribution in [3.63, 3.8) is 0 Å². The second kappa shape index (κ2) is 3.51. The van der Waals surface area contributed by atoms with Crippen LogP contribution in [0.4, 0.5) is 0 Å². The summed E-state index contributed by atoms with van der Waals surface area (Å²) in [5, 5.41) is 8.82. The standard InChI is InChI=1S/C8H6BrN3S/c1-5-2-3-10-4-6(5)7-11-12-8(9)13-7/h2-4H,1H3.